The average molecular weight is 563 g/mol. The number of fused-ring (bicyclic) bond motifs is 1. The number of carbonyl (C=O) groups is 1. The van der Waals surface area contributed by atoms with Crippen LogP contribution in [0.25, 0.3) is 22.2 Å². The van der Waals surface area contributed by atoms with Crippen LogP contribution in [0, 0.1) is 13.8 Å². The predicted octanol–water partition coefficient (Wildman–Crippen LogP) is 7.36. The Kier molecular flexibility index (Phi) is 7.31. The van der Waals surface area contributed by atoms with Crippen LogP contribution in [0.3, 0.4) is 0 Å². The number of aromatic nitrogens is 3. The fourth-order valence-corrected chi connectivity index (χ4v) is 6.82. The Morgan fingerprint density at radius 1 is 1.02 bits per heavy atom. The second-order valence-corrected chi connectivity index (χ2v) is 11.3. The van der Waals surface area contributed by atoms with Gasteiger partial charge in [-0.1, -0.05) is 22.8 Å². The third kappa shape index (κ3) is 4.67. The largest absolute Gasteiger partial charge is 0.495 e. The van der Waals surface area contributed by atoms with Crippen molar-refractivity contribution in [1.82, 2.24) is 14.7 Å². The second-order valence-electron chi connectivity index (χ2n) is 10.9. The zero-order chi connectivity index (χ0) is 28.0. The molecule has 2 aliphatic rings. The van der Waals surface area contributed by atoms with E-state index in [-0.39, 0.29) is 24.1 Å². The van der Waals surface area contributed by atoms with E-state index in [4.69, 9.17) is 30.6 Å². The number of amides is 1. The number of anilines is 1. The summed E-state index contributed by atoms with van der Waals surface area (Å²) in [7, 11) is 3.39. The molecule has 3 heterocycles. The highest BCUT2D eigenvalue weighted by atomic mass is 35.5. The van der Waals surface area contributed by atoms with Crippen molar-refractivity contribution in [2.24, 2.45) is 0 Å². The Balaban J connectivity index is 1.49. The number of hydrogen-bond donors (Lipinski definition) is 0. The lowest BCUT2D eigenvalue weighted by Gasteiger charge is -2.37. The number of benzene rings is 2. The van der Waals surface area contributed by atoms with Crippen LogP contribution < -0.4 is 9.64 Å². The van der Waals surface area contributed by atoms with E-state index in [1.807, 2.05) is 36.9 Å². The van der Waals surface area contributed by atoms with Crippen molar-refractivity contribution in [1.29, 1.82) is 0 Å². The number of carbonyl (C=O) groups excluding carboxylic acids is 1. The first-order chi connectivity index (χ1) is 19.4. The smallest absolute Gasteiger partial charge is 0.227 e. The predicted molar refractivity (Wildman–Crippen MR) is 155 cm³/mol. The van der Waals surface area contributed by atoms with Gasteiger partial charge in [-0.15, -0.1) is 0 Å². The Bertz CT molecular complexity index is 1530. The van der Waals surface area contributed by atoms with E-state index < -0.39 is 0 Å². The average Bonchev–Trinajstić information content (AvgIpc) is 3.51. The van der Waals surface area contributed by atoms with Crippen LogP contribution in [0.5, 0.6) is 5.75 Å². The van der Waals surface area contributed by atoms with Crippen molar-refractivity contribution in [2.75, 3.05) is 19.1 Å². The Hall–Kier alpha value is -3.36. The molecule has 1 saturated carbocycles. The molecule has 1 amide bonds. The molecular weight excluding hydrogens is 528 g/mol. The first kappa shape index (κ1) is 26.8. The van der Waals surface area contributed by atoms with Crippen molar-refractivity contribution < 1.29 is 18.8 Å². The molecule has 2 fully saturated rings. The fourth-order valence-electron chi connectivity index (χ4n) is 6.57. The summed E-state index contributed by atoms with van der Waals surface area (Å²) in [5.41, 5.74) is 5.64. The van der Waals surface area contributed by atoms with Crippen LogP contribution in [-0.2, 0) is 9.53 Å². The lowest BCUT2D eigenvalue weighted by molar-refractivity contribution is -0.120. The molecule has 9 heteroatoms. The molecule has 1 unspecified atom stereocenters. The minimum absolute atomic E-state index is 0.0793. The van der Waals surface area contributed by atoms with Gasteiger partial charge in [-0.2, -0.15) is 0 Å². The van der Waals surface area contributed by atoms with E-state index in [9.17, 15) is 4.79 Å². The standard InChI is InChI=1S/C31H35ClN4O4/c1-18-30(19(2)40-34-18)20-8-14-26-25(16-20)33-31(36(26)21-9-12-23(38-3)13-10-21)27-6-5-7-29(37)35(27)22-11-15-28(39-4)24(32)17-22/h8,11,14-17,21,23,27H,5-7,9-10,12-13H2,1-4H3. The van der Waals surface area contributed by atoms with Crippen molar-refractivity contribution in [3.8, 4) is 16.9 Å². The number of methoxy groups -OCH3 is 2. The maximum Gasteiger partial charge on any atom is 0.227 e. The van der Waals surface area contributed by atoms with Crippen LogP contribution in [0.15, 0.2) is 40.9 Å². The van der Waals surface area contributed by atoms with E-state index >= 15 is 0 Å². The topological polar surface area (TPSA) is 82.6 Å². The number of hydrogen-bond acceptors (Lipinski definition) is 6. The van der Waals surface area contributed by atoms with Gasteiger partial charge in [0.05, 0.1) is 41.0 Å². The minimum atomic E-state index is -0.208. The minimum Gasteiger partial charge on any atom is -0.495 e. The monoisotopic (exact) mass is 562 g/mol. The molecule has 4 aromatic rings. The van der Waals surface area contributed by atoms with Gasteiger partial charge in [0.25, 0.3) is 0 Å². The van der Waals surface area contributed by atoms with E-state index in [2.05, 4.69) is 27.9 Å². The summed E-state index contributed by atoms with van der Waals surface area (Å²) < 4.78 is 18.9. The van der Waals surface area contributed by atoms with E-state index in [1.54, 1.807) is 14.2 Å². The van der Waals surface area contributed by atoms with E-state index in [0.29, 0.717) is 17.2 Å². The highest BCUT2D eigenvalue weighted by Gasteiger charge is 2.36. The van der Waals surface area contributed by atoms with E-state index in [0.717, 1.165) is 83.7 Å². The molecule has 2 aromatic carbocycles. The molecule has 2 aromatic heterocycles. The Morgan fingerprint density at radius 3 is 2.50 bits per heavy atom. The van der Waals surface area contributed by atoms with Gasteiger partial charge in [-0.3, -0.25) is 4.79 Å². The van der Waals surface area contributed by atoms with E-state index in [1.165, 1.54) is 0 Å². The molecule has 40 heavy (non-hydrogen) atoms. The molecule has 8 nitrogen and oxygen atoms in total. The summed E-state index contributed by atoms with van der Waals surface area (Å²) in [4.78, 5) is 20.7. The van der Waals surface area contributed by atoms with Gasteiger partial charge in [-0.25, -0.2) is 4.98 Å². The van der Waals surface area contributed by atoms with Gasteiger partial charge in [0.1, 0.15) is 17.3 Å². The number of nitrogens with zero attached hydrogens (tertiary/aromatic N) is 4. The van der Waals surface area contributed by atoms with Crippen molar-refractivity contribution >= 4 is 34.2 Å². The van der Waals surface area contributed by atoms with Crippen LogP contribution in [0.4, 0.5) is 5.69 Å². The number of halogens is 1. The normalized spacial score (nSPS) is 21.8. The Morgan fingerprint density at radius 2 is 1.82 bits per heavy atom. The van der Waals surface area contributed by atoms with Crippen LogP contribution in [-0.4, -0.2) is 40.9 Å². The molecule has 1 aliphatic carbocycles. The second kappa shape index (κ2) is 10.9. The lowest BCUT2D eigenvalue weighted by atomic mass is 9.91. The quantitative estimate of drug-likeness (QED) is 0.244. The van der Waals surface area contributed by atoms with Crippen molar-refractivity contribution in [3.63, 3.8) is 0 Å². The summed E-state index contributed by atoms with van der Waals surface area (Å²) in [5, 5.41) is 4.63. The number of aryl methyl sites for hydroxylation is 2. The van der Waals surface area contributed by atoms with Gasteiger partial charge in [0.2, 0.25) is 5.91 Å². The zero-order valence-electron chi connectivity index (χ0n) is 23.4. The first-order valence-corrected chi connectivity index (χ1v) is 14.4. The molecule has 6 rings (SSSR count). The van der Waals surface area contributed by atoms with Crippen LogP contribution in [0.1, 0.15) is 74.3 Å². The fraction of sp³-hybridized carbons (Fsp3) is 0.452. The molecular formula is C31H35ClN4O4. The number of ether oxygens (including phenoxy) is 2. The molecule has 1 atom stereocenters. The van der Waals surface area contributed by atoms with Crippen LogP contribution in [0.2, 0.25) is 5.02 Å². The Labute approximate surface area is 239 Å². The summed E-state index contributed by atoms with van der Waals surface area (Å²) in [6, 6.07) is 12.0. The lowest BCUT2D eigenvalue weighted by Crippen LogP contribution is -2.40. The maximum absolute atomic E-state index is 13.5. The molecule has 1 saturated heterocycles. The molecule has 1 aliphatic heterocycles. The highest BCUT2D eigenvalue weighted by Crippen LogP contribution is 2.43. The van der Waals surface area contributed by atoms with Crippen molar-refractivity contribution in [3.05, 3.63) is 58.7 Å². The molecule has 0 bridgehead atoms. The van der Waals surface area contributed by atoms with Gasteiger partial charge in [0.15, 0.2) is 0 Å². The number of piperidine rings is 1. The summed E-state index contributed by atoms with van der Waals surface area (Å²) >= 11 is 6.52. The summed E-state index contributed by atoms with van der Waals surface area (Å²) in [5.74, 6) is 2.37. The zero-order valence-corrected chi connectivity index (χ0v) is 24.2. The molecule has 0 radical (unpaired) electrons. The molecule has 0 N–H and O–H groups in total. The summed E-state index contributed by atoms with van der Waals surface area (Å²) in [6.45, 7) is 3.89. The van der Waals surface area contributed by atoms with Crippen LogP contribution >= 0.6 is 11.6 Å². The van der Waals surface area contributed by atoms with Gasteiger partial charge >= 0.3 is 0 Å². The third-order valence-electron chi connectivity index (χ3n) is 8.54. The maximum atomic E-state index is 13.5. The number of rotatable bonds is 6. The molecule has 210 valence electrons. The highest BCUT2D eigenvalue weighted by molar-refractivity contribution is 6.32. The first-order valence-electron chi connectivity index (χ1n) is 14.0. The number of imidazole rings is 1. The van der Waals surface area contributed by atoms with Gasteiger partial charge < -0.3 is 23.5 Å². The third-order valence-corrected chi connectivity index (χ3v) is 8.84. The van der Waals surface area contributed by atoms with Gasteiger partial charge in [-0.05, 0) is 88.3 Å². The molecule has 0 spiro atoms. The summed E-state index contributed by atoms with van der Waals surface area (Å²) in [6.07, 6.45) is 6.41. The SMILES string of the molecule is COc1ccc(N2C(=O)CCCC2c2nc3cc(-c4c(C)noc4C)ccc3n2C2CCC(OC)CC2)cc1Cl. The van der Waals surface area contributed by atoms with Crippen molar-refractivity contribution in [2.45, 2.75) is 77.0 Å². The van der Waals surface area contributed by atoms with Gasteiger partial charge in [0, 0.05) is 30.8 Å².